The third kappa shape index (κ3) is 4.44. The molecule has 0 radical (unpaired) electrons. The lowest BCUT2D eigenvalue weighted by Gasteiger charge is -2.33. The van der Waals surface area contributed by atoms with Crippen molar-refractivity contribution in [3.05, 3.63) is 66.2 Å². The van der Waals surface area contributed by atoms with Crippen LogP contribution in [0, 0.1) is 5.82 Å². The van der Waals surface area contributed by atoms with Gasteiger partial charge in [0.1, 0.15) is 11.6 Å². The lowest BCUT2D eigenvalue weighted by atomic mass is 10.1. The maximum absolute atomic E-state index is 14.0. The van der Waals surface area contributed by atoms with E-state index in [1.54, 1.807) is 24.3 Å². The molecule has 4 rings (SSSR count). The number of benzene rings is 2. The normalized spacial score (nSPS) is 14.8. The van der Waals surface area contributed by atoms with E-state index in [0.29, 0.717) is 11.5 Å². The van der Waals surface area contributed by atoms with Crippen LogP contribution in [0.15, 0.2) is 63.9 Å². The van der Waals surface area contributed by atoms with Gasteiger partial charge in [0.25, 0.3) is 5.91 Å². The summed E-state index contributed by atoms with van der Waals surface area (Å²) in [4.78, 5) is 14.5. The molecule has 1 saturated heterocycles. The van der Waals surface area contributed by atoms with Gasteiger partial charge in [-0.15, -0.1) is 0 Å². The largest absolute Gasteiger partial charge is 0.493 e. The van der Waals surface area contributed by atoms with Crippen LogP contribution in [-0.2, 0) is 10.0 Å². The van der Waals surface area contributed by atoms with Crippen molar-refractivity contribution in [2.45, 2.75) is 4.90 Å². The first kappa shape index (κ1) is 22.8. The van der Waals surface area contributed by atoms with E-state index >= 15 is 0 Å². The zero-order chi connectivity index (χ0) is 23.6. The minimum Gasteiger partial charge on any atom is -0.493 e. The number of hydrogen-bond acceptors (Lipinski definition) is 6. The molecule has 1 amide bonds. The van der Waals surface area contributed by atoms with E-state index in [1.807, 2.05) is 0 Å². The number of furan rings is 1. The van der Waals surface area contributed by atoms with Crippen LogP contribution in [-0.4, -0.2) is 63.9 Å². The van der Waals surface area contributed by atoms with Crippen LogP contribution >= 0.6 is 0 Å². The maximum Gasteiger partial charge on any atom is 0.289 e. The van der Waals surface area contributed by atoms with E-state index in [2.05, 4.69) is 0 Å². The van der Waals surface area contributed by atoms with Crippen molar-refractivity contribution in [3.8, 4) is 22.8 Å². The Kier molecular flexibility index (Phi) is 6.39. The highest BCUT2D eigenvalue weighted by atomic mass is 32.2. The summed E-state index contributed by atoms with van der Waals surface area (Å²) in [6.07, 6.45) is 0. The zero-order valence-corrected chi connectivity index (χ0v) is 19.0. The van der Waals surface area contributed by atoms with Crippen molar-refractivity contribution in [2.75, 3.05) is 40.4 Å². The highest BCUT2D eigenvalue weighted by Crippen LogP contribution is 2.31. The fraction of sp³-hybridized carbons (Fsp3) is 0.261. The fourth-order valence-electron chi connectivity index (χ4n) is 3.67. The van der Waals surface area contributed by atoms with Crippen LogP contribution in [0.5, 0.6) is 11.5 Å². The second kappa shape index (κ2) is 9.24. The smallest absolute Gasteiger partial charge is 0.289 e. The molecule has 8 nitrogen and oxygen atoms in total. The number of ether oxygens (including phenoxy) is 2. The number of sulfonamides is 1. The van der Waals surface area contributed by atoms with Gasteiger partial charge >= 0.3 is 0 Å². The Morgan fingerprint density at radius 3 is 2.30 bits per heavy atom. The second-order valence-corrected chi connectivity index (χ2v) is 9.29. The van der Waals surface area contributed by atoms with Crippen LogP contribution in [0.2, 0.25) is 0 Å². The van der Waals surface area contributed by atoms with Crippen molar-refractivity contribution >= 4 is 15.9 Å². The van der Waals surface area contributed by atoms with Crippen LogP contribution in [0.4, 0.5) is 4.39 Å². The molecule has 1 fully saturated rings. The minimum atomic E-state index is -3.78. The minimum absolute atomic E-state index is 0.0736. The van der Waals surface area contributed by atoms with Gasteiger partial charge in [-0.05, 0) is 36.4 Å². The van der Waals surface area contributed by atoms with E-state index in [9.17, 15) is 17.6 Å². The number of amides is 1. The number of carbonyl (C=O) groups is 1. The predicted octanol–water partition coefficient (Wildman–Crippen LogP) is 3.25. The summed E-state index contributed by atoms with van der Waals surface area (Å²) in [6, 6.07) is 13.6. The molecule has 174 valence electrons. The highest BCUT2D eigenvalue weighted by molar-refractivity contribution is 7.89. The summed E-state index contributed by atoms with van der Waals surface area (Å²) >= 11 is 0. The Morgan fingerprint density at radius 2 is 1.64 bits per heavy atom. The third-order valence-corrected chi connectivity index (χ3v) is 7.37. The molecule has 0 spiro atoms. The molecule has 0 aliphatic carbocycles. The summed E-state index contributed by atoms with van der Waals surface area (Å²) in [5, 5.41) is 0. The molecule has 0 unspecified atom stereocenters. The SMILES string of the molecule is COc1ccc(S(=O)(=O)N2CCN(C(=O)c3ccc(-c4ccccc4F)o3)CC2)cc1OC. The molecule has 33 heavy (non-hydrogen) atoms. The standard InChI is InChI=1S/C23H23FN2O6S/c1-30-20-8-7-16(15-22(20)31-2)33(28,29)26-13-11-25(12-14-26)23(27)21-10-9-19(32-21)17-5-3-4-6-18(17)24/h3-10,15H,11-14H2,1-2H3. The lowest BCUT2D eigenvalue weighted by Crippen LogP contribution is -2.50. The monoisotopic (exact) mass is 474 g/mol. The maximum atomic E-state index is 14.0. The van der Waals surface area contributed by atoms with Crippen LogP contribution in [0.1, 0.15) is 10.6 Å². The molecule has 0 bridgehead atoms. The topological polar surface area (TPSA) is 89.3 Å². The molecule has 1 aliphatic heterocycles. The van der Waals surface area contributed by atoms with Crippen molar-refractivity contribution in [3.63, 3.8) is 0 Å². The number of piperazine rings is 1. The van der Waals surface area contributed by atoms with Gasteiger partial charge in [0.15, 0.2) is 17.3 Å². The van der Waals surface area contributed by atoms with Crippen molar-refractivity contribution in [1.82, 2.24) is 9.21 Å². The second-order valence-electron chi connectivity index (χ2n) is 7.36. The number of methoxy groups -OCH3 is 2. The van der Waals surface area contributed by atoms with E-state index < -0.39 is 15.8 Å². The number of nitrogens with zero attached hydrogens (tertiary/aromatic N) is 2. The molecule has 0 atom stereocenters. The van der Waals surface area contributed by atoms with E-state index in [0.717, 1.165) is 0 Å². The highest BCUT2D eigenvalue weighted by Gasteiger charge is 2.32. The number of carbonyl (C=O) groups excluding carboxylic acids is 1. The molecule has 0 saturated carbocycles. The summed E-state index contributed by atoms with van der Waals surface area (Å²) in [7, 11) is -0.867. The summed E-state index contributed by atoms with van der Waals surface area (Å²) in [5.41, 5.74) is 0.266. The zero-order valence-electron chi connectivity index (χ0n) is 18.2. The van der Waals surface area contributed by atoms with E-state index in [4.69, 9.17) is 13.9 Å². The molecule has 3 aromatic rings. The molecule has 10 heteroatoms. The molecule has 1 aliphatic rings. The summed E-state index contributed by atoms with van der Waals surface area (Å²) in [6.45, 7) is 0.648. The van der Waals surface area contributed by atoms with Crippen molar-refractivity contribution in [1.29, 1.82) is 0 Å². The number of rotatable bonds is 6. The molecule has 2 heterocycles. The average Bonchev–Trinajstić information content (AvgIpc) is 3.33. The van der Waals surface area contributed by atoms with Gasteiger partial charge in [-0.2, -0.15) is 4.31 Å². The van der Waals surface area contributed by atoms with Gasteiger partial charge in [0.2, 0.25) is 10.0 Å². The fourth-order valence-corrected chi connectivity index (χ4v) is 5.11. The Hall–Kier alpha value is -3.37. The lowest BCUT2D eigenvalue weighted by molar-refractivity contribution is 0.0667. The quantitative estimate of drug-likeness (QED) is 0.545. The van der Waals surface area contributed by atoms with Gasteiger partial charge in [-0.25, -0.2) is 12.8 Å². The van der Waals surface area contributed by atoms with Crippen LogP contribution < -0.4 is 9.47 Å². The van der Waals surface area contributed by atoms with Crippen LogP contribution in [0.3, 0.4) is 0 Å². The van der Waals surface area contributed by atoms with E-state index in [1.165, 1.54) is 53.8 Å². The van der Waals surface area contributed by atoms with Gasteiger partial charge < -0.3 is 18.8 Å². The van der Waals surface area contributed by atoms with Crippen molar-refractivity contribution < 1.29 is 31.5 Å². The van der Waals surface area contributed by atoms with Gasteiger partial charge in [0, 0.05) is 32.2 Å². The molecule has 0 N–H and O–H groups in total. The molecule has 2 aromatic carbocycles. The predicted molar refractivity (Wildman–Crippen MR) is 118 cm³/mol. The Labute approximate surface area is 191 Å². The number of halogens is 1. The molecule has 1 aromatic heterocycles. The number of hydrogen-bond donors (Lipinski definition) is 0. The van der Waals surface area contributed by atoms with Crippen LogP contribution in [0.25, 0.3) is 11.3 Å². The first-order chi connectivity index (χ1) is 15.8. The Balaban J connectivity index is 1.45. The first-order valence-corrected chi connectivity index (χ1v) is 11.7. The Morgan fingerprint density at radius 1 is 0.939 bits per heavy atom. The van der Waals surface area contributed by atoms with E-state index in [-0.39, 0.29) is 54.1 Å². The summed E-state index contributed by atoms with van der Waals surface area (Å²) < 4.78 is 57.4. The first-order valence-electron chi connectivity index (χ1n) is 10.2. The third-order valence-electron chi connectivity index (χ3n) is 5.47. The van der Waals surface area contributed by atoms with Gasteiger partial charge in [-0.3, -0.25) is 4.79 Å². The summed E-state index contributed by atoms with van der Waals surface area (Å²) in [5.74, 6) is 0.257. The van der Waals surface area contributed by atoms with Gasteiger partial charge in [-0.1, -0.05) is 12.1 Å². The van der Waals surface area contributed by atoms with Gasteiger partial charge in [0.05, 0.1) is 24.7 Å². The average molecular weight is 475 g/mol. The van der Waals surface area contributed by atoms with Crippen molar-refractivity contribution in [2.24, 2.45) is 0 Å². The molecular weight excluding hydrogens is 451 g/mol. The molecular formula is C23H23FN2O6S. The Bertz CT molecular complexity index is 1270.